The van der Waals surface area contributed by atoms with Gasteiger partial charge in [-0.15, -0.1) is 0 Å². The zero-order chi connectivity index (χ0) is 53.7. The largest absolute Gasteiger partial charge is 0.416 e. The van der Waals surface area contributed by atoms with Crippen molar-refractivity contribution in [3.8, 4) is 5.75 Å². The Balaban J connectivity index is 0.000000569. The molecule has 1 aromatic heterocycles. The number of alkyl halides is 24. The second-order valence-electron chi connectivity index (χ2n) is 14.8. The third-order valence-corrected chi connectivity index (χ3v) is 10.1. The minimum absolute atomic E-state index is 0.184. The smallest absolute Gasteiger partial charge is 0.252 e. The molecule has 0 aliphatic carbocycles. The Hall–Kier alpha value is -6.71. The van der Waals surface area contributed by atoms with E-state index in [1.165, 1.54) is 10.8 Å². The number of rotatable bonds is 6. The lowest BCUT2D eigenvalue weighted by Crippen LogP contribution is -2.75. The molecule has 0 radical (unpaired) electrons. The van der Waals surface area contributed by atoms with Crippen molar-refractivity contribution in [2.24, 2.45) is 0 Å². The highest BCUT2D eigenvalue weighted by molar-refractivity contribution is 7.20. The van der Waals surface area contributed by atoms with Crippen molar-refractivity contribution in [1.82, 2.24) is 4.98 Å². The summed E-state index contributed by atoms with van der Waals surface area (Å²) in [5.41, 5.74) is -30.2. The third-order valence-electron chi connectivity index (χ3n) is 10.1. The lowest BCUT2D eigenvalue weighted by molar-refractivity contribution is -0.875. The molecule has 0 unspecified atom stereocenters. The van der Waals surface area contributed by atoms with Gasteiger partial charge in [-0.2, -0.15) is 127 Å². The van der Waals surface area contributed by atoms with Crippen LogP contribution in [-0.4, -0.2) is 11.1 Å². The van der Waals surface area contributed by atoms with E-state index < -0.39 is 201 Å². The molecule has 0 amide bonds. The average molecular weight is 1050 g/mol. The Morgan fingerprint density at radius 3 is 0.775 bits per heavy atom. The second kappa shape index (κ2) is 18.8. The SMILES string of the molecule is FC(F)(F)c1cc([B-](c2cc(C(F)(F)F)cc(C(F)(F)F)c2)(c2cc(C(F)(F)F)cc(C(F)(F)F)c2)c2cc(C(F)(F)F)cc(C(F)(F)F)c2)cc(C(F)(F)F)c1.Fc1ccccc1O[n+]1ccncc1. The highest BCUT2D eigenvalue weighted by Crippen LogP contribution is 2.41. The van der Waals surface area contributed by atoms with E-state index in [0.29, 0.717) is 0 Å². The number of hydrogen-bond acceptors (Lipinski definition) is 2. The van der Waals surface area contributed by atoms with Crippen molar-refractivity contribution in [3.05, 3.63) is 172 Å². The van der Waals surface area contributed by atoms with E-state index in [1.54, 1.807) is 43.0 Å². The third kappa shape index (κ3) is 12.8. The average Bonchev–Trinajstić information content (AvgIpc) is 3.22. The maximum Gasteiger partial charge on any atom is 0.416 e. The van der Waals surface area contributed by atoms with Gasteiger partial charge in [-0.05, 0) is 36.4 Å². The van der Waals surface area contributed by atoms with E-state index in [0.717, 1.165) is 0 Å². The van der Waals surface area contributed by atoms with Gasteiger partial charge < -0.3 is 0 Å². The van der Waals surface area contributed by atoms with Gasteiger partial charge >= 0.3 is 49.4 Å². The van der Waals surface area contributed by atoms with E-state index in [-0.39, 0.29) is 5.75 Å². The molecule has 0 aliphatic heterocycles. The molecule has 0 bridgehead atoms. The fourth-order valence-electron chi connectivity index (χ4n) is 7.07. The number of benzene rings is 5. The van der Waals surface area contributed by atoms with Crippen LogP contribution in [0.3, 0.4) is 0 Å². The number of aromatic nitrogens is 2. The Kier molecular flexibility index (Phi) is 14.6. The standard InChI is InChI=1S/C32H12BF24.C10H8FN2O/c34-25(35,36)13-1-14(26(37,38)39)6-21(5-13)33(22-7-15(27(40,41)42)2-16(8-22)28(43,44)45,23-9-17(29(46,47)48)3-18(10-23)30(49,50)51)24-11-19(31(52,53)54)4-20(12-24)32(55,56)57;11-9-3-1-2-4-10(9)14-13-7-5-12-6-8-13/h1-12H;1-8H/q-1;+1. The van der Waals surface area contributed by atoms with Crippen LogP contribution in [0.4, 0.5) is 110 Å². The lowest BCUT2D eigenvalue weighted by atomic mass is 9.12. The van der Waals surface area contributed by atoms with Crippen LogP contribution in [0.15, 0.2) is 122 Å². The fourth-order valence-corrected chi connectivity index (χ4v) is 7.07. The van der Waals surface area contributed by atoms with Gasteiger partial charge in [-0.3, -0.25) is 4.98 Å². The Morgan fingerprint density at radius 2 is 0.563 bits per heavy atom. The van der Waals surface area contributed by atoms with E-state index in [1.807, 2.05) is 0 Å². The molecule has 0 atom stereocenters. The number of nitrogens with zero attached hydrogens (tertiary/aromatic N) is 2. The van der Waals surface area contributed by atoms with Crippen LogP contribution in [-0.2, 0) is 49.4 Å². The summed E-state index contributed by atoms with van der Waals surface area (Å²) < 4.78 is 355. The van der Waals surface area contributed by atoms with Crippen molar-refractivity contribution in [2.45, 2.75) is 49.4 Å². The minimum atomic E-state index is -6.13. The first kappa shape index (κ1) is 55.2. The zero-order valence-electron chi connectivity index (χ0n) is 33.9. The van der Waals surface area contributed by atoms with Crippen molar-refractivity contribution >= 4 is 28.0 Å². The first-order chi connectivity index (χ1) is 32.1. The molecule has 0 spiro atoms. The fraction of sp³-hybridized carbons (Fsp3) is 0.190. The van der Waals surface area contributed by atoms with Crippen LogP contribution in [0.1, 0.15) is 44.5 Å². The van der Waals surface area contributed by atoms with Gasteiger partial charge in [-0.25, -0.2) is 9.23 Å². The van der Waals surface area contributed by atoms with Gasteiger partial charge in [-0.1, -0.05) is 60.7 Å². The van der Waals surface area contributed by atoms with Crippen LogP contribution in [0.2, 0.25) is 0 Å². The molecule has 0 N–H and O–H groups in total. The number of hydrogen-bond donors (Lipinski definition) is 0. The molecule has 71 heavy (non-hydrogen) atoms. The van der Waals surface area contributed by atoms with Gasteiger partial charge in [0, 0.05) is 4.73 Å². The summed E-state index contributed by atoms with van der Waals surface area (Å²) in [6, 6.07) is -2.59. The van der Waals surface area contributed by atoms with Crippen LogP contribution >= 0.6 is 0 Å². The summed E-state index contributed by atoms with van der Waals surface area (Å²) in [5, 5.41) is 0. The van der Waals surface area contributed by atoms with Gasteiger partial charge in [0.1, 0.15) is 6.15 Å². The lowest BCUT2D eigenvalue weighted by Gasteiger charge is -2.46. The van der Waals surface area contributed by atoms with Crippen molar-refractivity contribution in [3.63, 3.8) is 0 Å². The molecule has 29 heteroatoms. The van der Waals surface area contributed by atoms with Crippen molar-refractivity contribution in [2.75, 3.05) is 0 Å². The summed E-state index contributed by atoms with van der Waals surface area (Å²) >= 11 is 0. The van der Waals surface area contributed by atoms with Gasteiger partial charge in [0.25, 0.3) is 0 Å². The van der Waals surface area contributed by atoms with Crippen molar-refractivity contribution < 1.29 is 119 Å². The molecule has 5 aromatic carbocycles. The van der Waals surface area contributed by atoms with Crippen LogP contribution in [0.25, 0.3) is 0 Å². The molecular formula is C42H20BF25N2O. The van der Waals surface area contributed by atoms with Crippen LogP contribution in [0.5, 0.6) is 5.75 Å². The normalized spacial score (nSPS) is 13.4. The molecule has 6 aromatic rings. The number of halogens is 25. The summed E-state index contributed by atoms with van der Waals surface area (Å²) in [6.07, 6.45) is -48.5. The summed E-state index contributed by atoms with van der Waals surface area (Å²) in [5.74, 6) is -0.208. The maximum absolute atomic E-state index is 14.2. The molecule has 1 heterocycles. The summed E-state index contributed by atoms with van der Waals surface area (Å²) in [7, 11) is 0. The van der Waals surface area contributed by atoms with Gasteiger partial charge in [0.2, 0.25) is 18.1 Å². The van der Waals surface area contributed by atoms with Gasteiger partial charge in [0.05, 0.1) is 56.9 Å². The van der Waals surface area contributed by atoms with E-state index in [9.17, 15) is 110 Å². The Morgan fingerprint density at radius 1 is 0.338 bits per heavy atom. The zero-order valence-corrected chi connectivity index (χ0v) is 33.9. The highest BCUT2D eigenvalue weighted by atomic mass is 19.4. The number of para-hydroxylation sites is 1. The second-order valence-corrected chi connectivity index (χ2v) is 14.8. The first-order valence-corrected chi connectivity index (χ1v) is 18.7. The quantitative estimate of drug-likeness (QED) is 0.0944. The molecule has 3 nitrogen and oxygen atoms in total. The Bertz CT molecular complexity index is 2420. The molecule has 0 saturated heterocycles. The first-order valence-electron chi connectivity index (χ1n) is 18.7. The Labute approximate surface area is 379 Å². The van der Waals surface area contributed by atoms with Crippen LogP contribution < -0.4 is 31.4 Å². The maximum atomic E-state index is 14.2. The van der Waals surface area contributed by atoms with E-state index >= 15 is 0 Å². The van der Waals surface area contributed by atoms with Gasteiger partial charge in [0.15, 0.2) is 5.82 Å². The predicted octanol–water partition coefficient (Wildman–Crippen LogP) is 12.6. The van der Waals surface area contributed by atoms with E-state index in [4.69, 9.17) is 4.84 Å². The molecular weight excluding hydrogens is 1030 g/mol. The topological polar surface area (TPSA) is 26.0 Å². The van der Waals surface area contributed by atoms with Crippen molar-refractivity contribution in [1.29, 1.82) is 0 Å². The molecule has 0 aliphatic rings. The molecule has 0 saturated carbocycles. The predicted molar refractivity (Wildman–Crippen MR) is 197 cm³/mol. The highest BCUT2D eigenvalue weighted by Gasteiger charge is 2.47. The van der Waals surface area contributed by atoms with Crippen LogP contribution in [0, 0.1) is 5.82 Å². The molecule has 382 valence electrons. The monoisotopic (exact) mass is 1050 g/mol. The van der Waals surface area contributed by atoms with E-state index in [2.05, 4.69) is 4.98 Å². The molecule has 0 fully saturated rings. The molecule has 6 rings (SSSR count). The minimum Gasteiger partial charge on any atom is -0.252 e. The summed E-state index contributed by atoms with van der Waals surface area (Å²) in [6.45, 7) is 0. The summed E-state index contributed by atoms with van der Waals surface area (Å²) in [4.78, 5) is 9.03.